The maximum Gasteiger partial charge on any atom is 0.246 e. The normalized spacial score (nSPS) is 23.2. The van der Waals surface area contributed by atoms with Gasteiger partial charge in [-0.1, -0.05) is 82.3 Å². The number of carbonyl (C=O) groups is 11. The summed E-state index contributed by atoms with van der Waals surface area (Å²) in [6.07, 6.45) is -0.141. The van der Waals surface area contributed by atoms with E-state index in [1.54, 1.807) is 60.7 Å². The summed E-state index contributed by atoms with van der Waals surface area (Å²) < 4.78 is 0. The first-order valence-corrected chi connectivity index (χ1v) is 25.9. The van der Waals surface area contributed by atoms with Crippen LogP contribution in [0.1, 0.15) is 62.5 Å². The Morgan fingerprint density at radius 1 is 0.667 bits per heavy atom. The lowest BCUT2D eigenvalue weighted by Crippen LogP contribution is -2.61. The van der Waals surface area contributed by atoms with Crippen LogP contribution >= 0.6 is 21.6 Å². The summed E-state index contributed by atoms with van der Waals surface area (Å²) in [5.74, 6) is -9.66. The molecule has 0 aliphatic carbocycles. The van der Waals surface area contributed by atoms with Gasteiger partial charge in [0, 0.05) is 37.3 Å². The number of hydrogen-bond donors (Lipinski definition) is 12. The van der Waals surface area contributed by atoms with Crippen molar-refractivity contribution in [2.24, 2.45) is 28.7 Å². The van der Waals surface area contributed by atoms with E-state index >= 15 is 0 Å². The fraction of sp³-hybridized carbons (Fsp3) is 0.500. The Balaban J connectivity index is 1.70. The second-order valence-corrected chi connectivity index (χ2v) is 19.8. The molecule has 4 rings (SSSR count). The maximum absolute atomic E-state index is 14.6. The summed E-state index contributed by atoms with van der Waals surface area (Å²) in [5.41, 5.74) is 29.4. The lowest BCUT2D eigenvalue weighted by Gasteiger charge is -2.31. The number of benzene rings is 2. The zero-order chi connectivity index (χ0) is 52.7. The standard InChI is InChI=1S/C46H65N13O11S2/c47-18-8-7-14-29(40(64)52-23-38(51)62)54-45(69)35-15-9-19-59(35)46(70)34-25-72-71-24-28(48)39(63)55-31(20-26-10-3-1-4-11-26)43(67)56-32(21-27-12-5-2-6-13-27)42(66)53-30(16-17-36(49)60)41(65)57-33(22-37(50)61)44(68)58-34/h1-6,10-13,28-35H,7-9,14-25,47-48H2,(H2,49,60)(H2,50,61)(H2,51,62)(H,52,64)(H,53,66)(H,54,69)(H,55,63)(H,56,67)(H,57,65)(H,58,68). The average molecular weight is 1040 g/mol. The number of carbonyl (C=O) groups excluding carboxylic acids is 11. The van der Waals surface area contributed by atoms with Gasteiger partial charge in [0.2, 0.25) is 65.0 Å². The first kappa shape index (κ1) is 57.8. The van der Waals surface area contributed by atoms with Crippen molar-refractivity contribution in [3.8, 4) is 0 Å². The number of hydrogen-bond acceptors (Lipinski definition) is 15. The molecule has 24 nitrogen and oxygen atoms in total. The number of primary amides is 3. The van der Waals surface area contributed by atoms with Gasteiger partial charge in [-0.05, 0) is 56.2 Å². The molecular weight excluding hydrogens is 975 g/mol. The zero-order valence-electron chi connectivity index (χ0n) is 39.6. The van der Waals surface area contributed by atoms with Gasteiger partial charge in [0.15, 0.2) is 0 Å². The highest BCUT2D eigenvalue weighted by atomic mass is 33.1. The second-order valence-electron chi connectivity index (χ2n) is 17.3. The zero-order valence-corrected chi connectivity index (χ0v) is 41.3. The van der Waals surface area contributed by atoms with Crippen molar-refractivity contribution in [3.63, 3.8) is 0 Å². The van der Waals surface area contributed by atoms with E-state index in [1.165, 1.54) is 4.90 Å². The number of nitrogens with one attached hydrogen (secondary N) is 7. The molecule has 0 saturated carbocycles. The third-order valence-corrected chi connectivity index (χ3v) is 14.0. The third kappa shape index (κ3) is 19.1. The summed E-state index contributed by atoms with van der Waals surface area (Å²) in [4.78, 5) is 149. The van der Waals surface area contributed by atoms with Crippen molar-refractivity contribution in [1.82, 2.24) is 42.1 Å². The second kappa shape index (κ2) is 29.5. The minimum atomic E-state index is -1.76. The molecule has 0 bridgehead atoms. The molecule has 72 heavy (non-hydrogen) atoms. The summed E-state index contributed by atoms with van der Waals surface area (Å²) >= 11 is 0. The van der Waals surface area contributed by atoms with E-state index in [-0.39, 0.29) is 43.7 Å². The van der Waals surface area contributed by atoms with Crippen molar-refractivity contribution in [1.29, 1.82) is 0 Å². The first-order chi connectivity index (χ1) is 34.4. The minimum Gasteiger partial charge on any atom is -0.370 e. The molecule has 2 aliphatic heterocycles. The van der Waals surface area contributed by atoms with E-state index in [9.17, 15) is 52.7 Å². The number of unbranched alkanes of at least 4 members (excludes halogenated alkanes) is 1. The van der Waals surface area contributed by atoms with Gasteiger partial charge in [0.25, 0.3) is 0 Å². The van der Waals surface area contributed by atoms with Crippen LogP contribution in [0.2, 0.25) is 0 Å². The van der Waals surface area contributed by atoms with Gasteiger partial charge in [-0.25, -0.2) is 0 Å². The SMILES string of the molecule is NCCCCC(NC(=O)C1CCCN1C(=O)C1CSSCC(N)C(=O)NC(Cc2ccccc2)C(=O)NC(Cc2ccccc2)C(=O)NC(CCC(N)=O)C(=O)NC(CC(N)=O)C(=O)N1)C(=O)NCC(N)=O. The highest BCUT2D eigenvalue weighted by molar-refractivity contribution is 8.76. The van der Waals surface area contributed by atoms with E-state index in [2.05, 4.69) is 37.2 Å². The lowest BCUT2D eigenvalue weighted by atomic mass is 10.0. The molecule has 26 heteroatoms. The number of nitrogens with two attached hydrogens (primary N) is 5. The van der Waals surface area contributed by atoms with Gasteiger partial charge in [0.1, 0.15) is 42.3 Å². The van der Waals surface area contributed by atoms with Crippen molar-refractivity contribution in [2.45, 2.75) is 113 Å². The van der Waals surface area contributed by atoms with Crippen LogP contribution in [0.25, 0.3) is 0 Å². The van der Waals surface area contributed by atoms with Crippen LogP contribution in [-0.2, 0) is 65.6 Å². The number of nitrogens with zero attached hydrogens (tertiary/aromatic N) is 1. The highest BCUT2D eigenvalue weighted by Crippen LogP contribution is 2.26. The molecule has 2 aromatic carbocycles. The van der Waals surface area contributed by atoms with Crippen LogP contribution in [0.15, 0.2) is 60.7 Å². The van der Waals surface area contributed by atoms with Crippen molar-refractivity contribution in [3.05, 3.63) is 71.8 Å². The molecule has 2 aromatic rings. The highest BCUT2D eigenvalue weighted by Gasteiger charge is 2.40. The predicted octanol–water partition coefficient (Wildman–Crippen LogP) is -4.03. The number of rotatable bonds is 19. The van der Waals surface area contributed by atoms with Crippen LogP contribution in [0.5, 0.6) is 0 Å². The Hall–Kier alpha value is -6.77. The maximum atomic E-state index is 14.6. The predicted molar refractivity (Wildman–Crippen MR) is 267 cm³/mol. The molecular formula is C46H65N13O11S2. The fourth-order valence-electron chi connectivity index (χ4n) is 7.77. The van der Waals surface area contributed by atoms with Crippen molar-refractivity contribution >= 4 is 86.6 Å². The lowest BCUT2D eigenvalue weighted by molar-refractivity contribution is -0.142. The Morgan fingerprint density at radius 3 is 1.78 bits per heavy atom. The molecule has 2 fully saturated rings. The van der Waals surface area contributed by atoms with E-state index in [1.807, 2.05) is 0 Å². The Kier molecular flexibility index (Phi) is 23.7. The molecule has 2 aliphatic rings. The molecule has 392 valence electrons. The first-order valence-electron chi connectivity index (χ1n) is 23.4. The van der Waals surface area contributed by atoms with Gasteiger partial charge in [-0.3, -0.25) is 52.7 Å². The van der Waals surface area contributed by atoms with Crippen molar-refractivity contribution < 1.29 is 52.7 Å². The third-order valence-electron chi connectivity index (χ3n) is 11.6. The largest absolute Gasteiger partial charge is 0.370 e. The summed E-state index contributed by atoms with van der Waals surface area (Å²) in [6.45, 7) is -0.121. The van der Waals surface area contributed by atoms with Gasteiger partial charge >= 0.3 is 0 Å². The molecule has 0 radical (unpaired) electrons. The van der Waals surface area contributed by atoms with E-state index in [0.717, 1.165) is 21.6 Å². The molecule has 0 spiro atoms. The Morgan fingerprint density at radius 2 is 1.21 bits per heavy atom. The monoisotopic (exact) mass is 1040 g/mol. The van der Waals surface area contributed by atoms with Crippen LogP contribution in [0.4, 0.5) is 0 Å². The minimum absolute atomic E-state index is 0.0198. The molecule has 11 amide bonds. The van der Waals surface area contributed by atoms with Gasteiger partial charge in [0.05, 0.1) is 19.0 Å². The molecule has 17 N–H and O–H groups in total. The Labute approximate surface area is 424 Å². The number of likely N-dealkylation sites (tertiary alicyclic amines) is 1. The smallest absolute Gasteiger partial charge is 0.246 e. The summed E-state index contributed by atoms with van der Waals surface area (Å²) in [5, 5.41) is 18.0. The van der Waals surface area contributed by atoms with Crippen molar-refractivity contribution in [2.75, 3.05) is 31.1 Å². The van der Waals surface area contributed by atoms with Crippen LogP contribution in [0.3, 0.4) is 0 Å². The van der Waals surface area contributed by atoms with E-state index in [0.29, 0.717) is 36.9 Å². The van der Waals surface area contributed by atoms with Crippen LogP contribution in [0, 0.1) is 0 Å². The van der Waals surface area contributed by atoms with Gasteiger partial charge < -0.3 is 70.8 Å². The fourth-order valence-corrected chi connectivity index (χ4v) is 10.0. The average Bonchev–Trinajstić information content (AvgIpc) is 3.84. The quantitative estimate of drug-likeness (QED) is 0.0471. The topological polar surface area (TPSA) is 405 Å². The van der Waals surface area contributed by atoms with E-state index in [4.69, 9.17) is 28.7 Å². The molecule has 0 aromatic heterocycles. The Bertz CT molecular complexity index is 2250. The molecule has 2 heterocycles. The van der Waals surface area contributed by atoms with E-state index < -0.39 is 139 Å². The van der Waals surface area contributed by atoms with Crippen LogP contribution in [-0.4, -0.2) is 149 Å². The van der Waals surface area contributed by atoms with Gasteiger partial charge in [-0.2, -0.15) is 0 Å². The van der Waals surface area contributed by atoms with Crippen LogP contribution < -0.4 is 65.9 Å². The molecule has 2 saturated heterocycles. The van der Waals surface area contributed by atoms with Gasteiger partial charge in [-0.15, -0.1) is 0 Å². The molecule has 8 unspecified atom stereocenters. The number of amides is 11. The molecule has 8 atom stereocenters. The summed E-state index contributed by atoms with van der Waals surface area (Å²) in [7, 11) is 2.07. The summed E-state index contributed by atoms with van der Waals surface area (Å²) in [6, 6.07) is 6.36.